The summed E-state index contributed by atoms with van der Waals surface area (Å²) < 4.78 is 39.2. The smallest absolute Gasteiger partial charge is 0.143 e. The standard InChI is InChI=1S/C15H23OS.ClHO4/c1-3-4-11-17-12-5-6-15(17)13-7-9-14(16-2)10-8-13;2-1(3,4)5/h7-10,15H,3-6,11-12H2,1-2H3;(H,2,3,4,5)/q+1;/p-1. The number of methoxy groups -OCH3 is 1. The van der Waals surface area contributed by atoms with E-state index in [1.54, 1.807) is 7.11 Å². The van der Waals surface area contributed by atoms with Gasteiger partial charge in [-0.3, -0.25) is 0 Å². The molecule has 22 heavy (non-hydrogen) atoms. The van der Waals surface area contributed by atoms with E-state index >= 15 is 0 Å². The van der Waals surface area contributed by atoms with Crippen molar-refractivity contribution in [2.45, 2.75) is 37.9 Å². The molecule has 2 unspecified atom stereocenters. The number of rotatable bonds is 5. The van der Waals surface area contributed by atoms with Crippen molar-refractivity contribution in [2.75, 3.05) is 18.6 Å². The predicted molar refractivity (Wildman–Crippen MR) is 77.0 cm³/mol. The van der Waals surface area contributed by atoms with E-state index in [0.29, 0.717) is 10.9 Å². The zero-order chi connectivity index (χ0) is 16.6. The van der Waals surface area contributed by atoms with E-state index in [2.05, 4.69) is 31.2 Å². The van der Waals surface area contributed by atoms with Crippen molar-refractivity contribution in [3.05, 3.63) is 29.8 Å². The normalized spacial score (nSPS) is 21.2. The number of ether oxygens (including phenoxy) is 1. The highest BCUT2D eigenvalue weighted by Crippen LogP contribution is 2.37. The Morgan fingerprint density at radius 3 is 2.27 bits per heavy atom. The van der Waals surface area contributed by atoms with Crippen LogP contribution >= 0.6 is 0 Å². The molecule has 0 aliphatic carbocycles. The summed E-state index contributed by atoms with van der Waals surface area (Å²) >= 11 is 0. The first-order valence-electron chi connectivity index (χ1n) is 7.27. The molecule has 1 saturated heterocycles. The lowest BCUT2D eigenvalue weighted by Crippen LogP contribution is -2.68. The van der Waals surface area contributed by atoms with Gasteiger partial charge in [0.25, 0.3) is 0 Å². The SMILES string of the molecule is CCCC[S+]1CCCC1c1ccc(OC)cc1.[O-][Cl+3]([O-])([O-])[O-]. The Kier molecular flexibility index (Phi) is 8.53. The molecule has 5 nitrogen and oxygen atoms in total. The van der Waals surface area contributed by atoms with Crippen molar-refractivity contribution in [1.29, 1.82) is 0 Å². The van der Waals surface area contributed by atoms with Crippen LogP contribution in [0.3, 0.4) is 0 Å². The molecule has 0 amide bonds. The average molecular weight is 351 g/mol. The van der Waals surface area contributed by atoms with Crippen LogP contribution in [0.1, 0.15) is 43.4 Å². The molecule has 0 aromatic heterocycles. The Bertz CT molecular complexity index is 415. The maximum Gasteiger partial charge on any atom is 0.143 e. The van der Waals surface area contributed by atoms with Crippen molar-refractivity contribution in [2.24, 2.45) is 0 Å². The fourth-order valence-electron chi connectivity index (χ4n) is 2.51. The van der Waals surface area contributed by atoms with Crippen LogP contribution in [-0.4, -0.2) is 18.6 Å². The molecule has 0 spiro atoms. The third-order valence-corrected chi connectivity index (χ3v) is 6.46. The van der Waals surface area contributed by atoms with Crippen LogP contribution in [0, 0.1) is 10.2 Å². The van der Waals surface area contributed by atoms with Crippen LogP contribution in [0.5, 0.6) is 5.75 Å². The second-order valence-corrected chi connectivity index (χ2v) is 8.30. The molecule has 126 valence electrons. The van der Waals surface area contributed by atoms with Crippen LogP contribution in [0.4, 0.5) is 0 Å². The quantitative estimate of drug-likeness (QED) is 0.646. The second kappa shape index (κ2) is 9.60. The van der Waals surface area contributed by atoms with E-state index in [9.17, 15) is 0 Å². The molecule has 1 aliphatic heterocycles. The van der Waals surface area contributed by atoms with Gasteiger partial charge in [0, 0.05) is 12.0 Å². The fraction of sp³-hybridized carbons (Fsp3) is 0.600. The summed E-state index contributed by atoms with van der Waals surface area (Å²) in [5.41, 5.74) is 1.53. The zero-order valence-electron chi connectivity index (χ0n) is 13.0. The molecule has 0 saturated carbocycles. The lowest BCUT2D eigenvalue weighted by molar-refractivity contribution is -2.00. The minimum Gasteiger partial charge on any atom is -0.497 e. The van der Waals surface area contributed by atoms with Gasteiger partial charge in [-0.1, -0.05) is 25.5 Å². The molecule has 2 atom stereocenters. The van der Waals surface area contributed by atoms with E-state index in [4.69, 9.17) is 23.4 Å². The van der Waals surface area contributed by atoms with Gasteiger partial charge in [0.05, 0.1) is 7.11 Å². The first-order valence-corrected chi connectivity index (χ1v) is 10.1. The monoisotopic (exact) mass is 350 g/mol. The molecule has 1 aliphatic rings. The van der Waals surface area contributed by atoms with Crippen molar-refractivity contribution in [1.82, 2.24) is 0 Å². The second-order valence-electron chi connectivity index (χ2n) is 5.08. The van der Waals surface area contributed by atoms with Crippen LogP contribution in [0.15, 0.2) is 24.3 Å². The fourth-order valence-corrected chi connectivity index (χ4v) is 5.53. The van der Waals surface area contributed by atoms with Crippen LogP contribution in [-0.2, 0) is 10.9 Å². The van der Waals surface area contributed by atoms with E-state index in [0.717, 1.165) is 11.0 Å². The molecule has 0 N–H and O–H groups in total. The summed E-state index contributed by atoms with van der Waals surface area (Å²) in [5.74, 6) is 3.87. The van der Waals surface area contributed by atoms with Gasteiger partial charge in [-0.25, -0.2) is 18.6 Å². The van der Waals surface area contributed by atoms with Gasteiger partial charge >= 0.3 is 0 Å². The van der Waals surface area contributed by atoms with Gasteiger partial charge in [-0.15, -0.1) is 10.2 Å². The van der Waals surface area contributed by atoms with Gasteiger partial charge in [-0.05, 0) is 35.9 Å². The van der Waals surface area contributed by atoms with E-state index < -0.39 is 10.2 Å². The number of benzene rings is 1. The zero-order valence-corrected chi connectivity index (χ0v) is 14.5. The van der Waals surface area contributed by atoms with Gasteiger partial charge in [0.1, 0.15) is 22.5 Å². The van der Waals surface area contributed by atoms with Crippen molar-refractivity contribution in [3.8, 4) is 5.75 Å². The first-order chi connectivity index (χ1) is 10.3. The number of unbranched alkanes of at least 4 members (excludes halogenated alkanes) is 1. The largest absolute Gasteiger partial charge is 0.497 e. The summed E-state index contributed by atoms with van der Waals surface area (Å²) in [7, 11) is -2.58. The maximum absolute atomic E-state index is 8.49. The third-order valence-electron chi connectivity index (χ3n) is 3.52. The van der Waals surface area contributed by atoms with Gasteiger partial charge < -0.3 is 4.74 Å². The Morgan fingerprint density at radius 1 is 1.18 bits per heavy atom. The number of hydrogen-bond acceptors (Lipinski definition) is 5. The molecule has 0 bridgehead atoms. The Hall–Kier alpha value is -0.500. The van der Waals surface area contributed by atoms with E-state index in [-0.39, 0.29) is 0 Å². The maximum atomic E-state index is 8.49. The minimum absolute atomic E-state index is 0.635. The highest BCUT2D eigenvalue weighted by molar-refractivity contribution is 7.97. The van der Waals surface area contributed by atoms with Gasteiger partial charge in [0.2, 0.25) is 0 Å². The highest BCUT2D eigenvalue weighted by Gasteiger charge is 2.36. The topological polar surface area (TPSA) is 101 Å². The third kappa shape index (κ3) is 7.67. The Labute approximate surface area is 137 Å². The van der Waals surface area contributed by atoms with E-state index in [1.807, 2.05) is 0 Å². The molecule has 0 radical (unpaired) electrons. The molecular weight excluding hydrogens is 328 g/mol. The summed E-state index contributed by atoms with van der Waals surface area (Å²) in [6.45, 7) is 2.29. The lowest BCUT2D eigenvalue weighted by Gasteiger charge is -2.17. The molecule has 1 aromatic carbocycles. The van der Waals surface area contributed by atoms with Crippen LogP contribution in [0.2, 0.25) is 0 Å². The molecule has 1 heterocycles. The number of halogens is 1. The summed E-state index contributed by atoms with van der Waals surface area (Å²) in [6.07, 6.45) is 5.54. The van der Waals surface area contributed by atoms with Crippen molar-refractivity contribution < 1.29 is 33.6 Å². The van der Waals surface area contributed by atoms with Crippen LogP contribution < -0.4 is 23.4 Å². The molecule has 2 rings (SSSR count). The van der Waals surface area contributed by atoms with Crippen molar-refractivity contribution in [3.63, 3.8) is 0 Å². The summed E-state index contributed by atoms with van der Waals surface area (Å²) in [5, 5.41) is 0.826. The Balaban J connectivity index is 0.000000422. The summed E-state index contributed by atoms with van der Waals surface area (Å²) in [4.78, 5) is 0. The lowest BCUT2D eigenvalue weighted by atomic mass is 10.1. The molecule has 7 heteroatoms. The van der Waals surface area contributed by atoms with Gasteiger partial charge in [0.15, 0.2) is 0 Å². The molecule has 1 fully saturated rings. The minimum atomic E-state index is -4.94. The highest BCUT2D eigenvalue weighted by atomic mass is 35.7. The van der Waals surface area contributed by atoms with E-state index in [1.165, 1.54) is 42.8 Å². The summed E-state index contributed by atoms with van der Waals surface area (Å²) in [6, 6.07) is 8.74. The van der Waals surface area contributed by atoms with Crippen LogP contribution in [0.25, 0.3) is 0 Å². The number of hydrogen-bond donors (Lipinski definition) is 0. The van der Waals surface area contributed by atoms with Gasteiger partial charge in [-0.2, -0.15) is 0 Å². The Morgan fingerprint density at radius 2 is 1.77 bits per heavy atom. The molecule has 1 aromatic rings. The predicted octanol–water partition coefficient (Wildman–Crippen LogP) is -0.807. The molecular formula is C15H23ClO5S. The average Bonchev–Trinajstić information content (AvgIpc) is 2.92. The first kappa shape index (κ1) is 19.5. The van der Waals surface area contributed by atoms with Crippen molar-refractivity contribution >= 4 is 10.9 Å².